The first-order valence-electron chi connectivity index (χ1n) is 6.25. The molecule has 20 heavy (non-hydrogen) atoms. The van der Waals surface area contributed by atoms with Crippen molar-refractivity contribution in [2.75, 3.05) is 13.1 Å². The van der Waals surface area contributed by atoms with Crippen LogP contribution in [-0.2, 0) is 0 Å². The third-order valence-corrected chi connectivity index (χ3v) is 3.07. The van der Waals surface area contributed by atoms with Gasteiger partial charge >= 0.3 is 0 Å². The molecule has 0 spiro atoms. The maximum absolute atomic E-state index is 12.5. The lowest BCUT2D eigenvalue weighted by Crippen LogP contribution is -2.29. The summed E-state index contributed by atoms with van der Waals surface area (Å²) in [6, 6.07) is 9.24. The van der Waals surface area contributed by atoms with E-state index in [1.54, 1.807) is 0 Å². The molecule has 5 nitrogen and oxygen atoms in total. The van der Waals surface area contributed by atoms with Crippen molar-refractivity contribution in [1.29, 1.82) is 10.5 Å². The maximum Gasteiger partial charge on any atom is 0.259 e. The summed E-state index contributed by atoms with van der Waals surface area (Å²) in [6.45, 7) is 4.85. The van der Waals surface area contributed by atoms with E-state index in [2.05, 4.69) is 5.32 Å². The van der Waals surface area contributed by atoms with Crippen molar-refractivity contribution >= 4 is 5.91 Å². The number of nitrogens with zero attached hydrogens (tertiary/aromatic N) is 3. The second-order valence-electron chi connectivity index (χ2n) is 4.71. The third kappa shape index (κ3) is 2.48. The van der Waals surface area contributed by atoms with Gasteiger partial charge in [0.25, 0.3) is 5.91 Å². The summed E-state index contributed by atoms with van der Waals surface area (Å²) in [6.07, 6.45) is 0. The number of allylic oxidation sites excluding steroid dienone is 1. The number of nitriles is 2. The molecule has 1 amide bonds. The SMILES string of the molecule is Cc1cc(C)cc(C(=O)N2CCNC2=C(C#N)C#N)c1. The van der Waals surface area contributed by atoms with Crippen LogP contribution in [0.2, 0.25) is 0 Å². The monoisotopic (exact) mass is 266 g/mol. The fourth-order valence-corrected chi connectivity index (χ4v) is 2.30. The molecule has 1 aromatic carbocycles. The summed E-state index contributed by atoms with van der Waals surface area (Å²) >= 11 is 0. The highest BCUT2D eigenvalue weighted by molar-refractivity contribution is 5.96. The van der Waals surface area contributed by atoms with Gasteiger partial charge in [0.05, 0.1) is 0 Å². The van der Waals surface area contributed by atoms with E-state index < -0.39 is 0 Å². The van der Waals surface area contributed by atoms with E-state index in [1.165, 1.54) is 4.90 Å². The van der Waals surface area contributed by atoms with E-state index in [-0.39, 0.29) is 11.5 Å². The first-order valence-corrected chi connectivity index (χ1v) is 6.25. The van der Waals surface area contributed by atoms with Crippen LogP contribution in [0.5, 0.6) is 0 Å². The molecule has 1 fully saturated rings. The first kappa shape index (κ1) is 13.6. The smallest absolute Gasteiger partial charge is 0.259 e. The molecule has 0 radical (unpaired) electrons. The quantitative estimate of drug-likeness (QED) is 0.783. The molecule has 0 atom stereocenters. The first-order chi connectivity index (χ1) is 9.56. The summed E-state index contributed by atoms with van der Waals surface area (Å²) in [5, 5.41) is 20.8. The normalized spacial score (nSPS) is 13.4. The van der Waals surface area contributed by atoms with Gasteiger partial charge in [-0.2, -0.15) is 10.5 Å². The predicted molar refractivity (Wildman–Crippen MR) is 73.2 cm³/mol. The molecule has 0 aromatic heterocycles. The van der Waals surface area contributed by atoms with Crippen molar-refractivity contribution in [2.24, 2.45) is 0 Å². The van der Waals surface area contributed by atoms with Crippen molar-refractivity contribution in [1.82, 2.24) is 10.2 Å². The molecule has 1 aliphatic rings. The van der Waals surface area contributed by atoms with Crippen LogP contribution >= 0.6 is 0 Å². The van der Waals surface area contributed by atoms with Gasteiger partial charge in [0, 0.05) is 18.7 Å². The highest BCUT2D eigenvalue weighted by Crippen LogP contribution is 2.18. The zero-order valence-electron chi connectivity index (χ0n) is 11.4. The van der Waals surface area contributed by atoms with Crippen molar-refractivity contribution in [3.05, 3.63) is 46.3 Å². The summed E-state index contributed by atoms with van der Waals surface area (Å²) in [7, 11) is 0. The number of nitrogens with one attached hydrogen (secondary N) is 1. The predicted octanol–water partition coefficient (Wildman–Crippen LogP) is 1.61. The van der Waals surface area contributed by atoms with E-state index >= 15 is 0 Å². The molecule has 1 heterocycles. The van der Waals surface area contributed by atoms with Gasteiger partial charge in [0.1, 0.15) is 18.0 Å². The van der Waals surface area contributed by atoms with Crippen LogP contribution in [0.3, 0.4) is 0 Å². The van der Waals surface area contributed by atoms with Gasteiger partial charge in [-0.25, -0.2) is 0 Å². The Kier molecular flexibility index (Phi) is 3.72. The number of hydrogen-bond acceptors (Lipinski definition) is 4. The number of amides is 1. The van der Waals surface area contributed by atoms with Crippen molar-refractivity contribution < 1.29 is 4.79 Å². The molecule has 0 unspecified atom stereocenters. The van der Waals surface area contributed by atoms with Gasteiger partial charge in [-0.3, -0.25) is 9.69 Å². The number of carbonyl (C=O) groups excluding carboxylic acids is 1. The van der Waals surface area contributed by atoms with Crippen LogP contribution in [0, 0.1) is 36.5 Å². The Balaban J connectivity index is 2.41. The second-order valence-corrected chi connectivity index (χ2v) is 4.71. The van der Waals surface area contributed by atoms with E-state index in [4.69, 9.17) is 10.5 Å². The molecule has 0 bridgehead atoms. The maximum atomic E-state index is 12.5. The van der Waals surface area contributed by atoms with Crippen LogP contribution in [0.25, 0.3) is 0 Å². The van der Waals surface area contributed by atoms with E-state index in [1.807, 2.05) is 44.2 Å². The van der Waals surface area contributed by atoms with Crippen molar-refractivity contribution in [2.45, 2.75) is 13.8 Å². The van der Waals surface area contributed by atoms with Crippen LogP contribution in [0.1, 0.15) is 21.5 Å². The fourth-order valence-electron chi connectivity index (χ4n) is 2.30. The molecule has 0 aliphatic carbocycles. The molecule has 1 aromatic rings. The molecule has 1 aliphatic heterocycles. The van der Waals surface area contributed by atoms with Crippen molar-refractivity contribution in [3.8, 4) is 12.1 Å². The minimum Gasteiger partial charge on any atom is -0.368 e. The lowest BCUT2D eigenvalue weighted by molar-refractivity contribution is 0.0825. The molecule has 2 rings (SSSR count). The lowest BCUT2D eigenvalue weighted by Gasteiger charge is -2.17. The van der Waals surface area contributed by atoms with Gasteiger partial charge < -0.3 is 5.32 Å². The standard InChI is InChI=1S/C15H14N4O/c1-10-5-11(2)7-12(6-10)15(20)19-4-3-18-14(19)13(8-16)9-17/h5-7,18H,3-4H2,1-2H3. The van der Waals surface area contributed by atoms with Gasteiger partial charge in [-0.05, 0) is 26.0 Å². The minimum absolute atomic E-state index is 0.0692. The second kappa shape index (κ2) is 5.46. The Labute approximate surface area is 117 Å². The van der Waals surface area contributed by atoms with Crippen LogP contribution in [-0.4, -0.2) is 23.9 Å². The molecular formula is C15H14N4O. The van der Waals surface area contributed by atoms with E-state index in [9.17, 15) is 4.79 Å². The third-order valence-electron chi connectivity index (χ3n) is 3.07. The molecule has 0 saturated carbocycles. The van der Waals surface area contributed by atoms with Gasteiger partial charge in [-0.15, -0.1) is 0 Å². The molecule has 1 saturated heterocycles. The average molecular weight is 266 g/mol. The summed E-state index contributed by atoms with van der Waals surface area (Å²) < 4.78 is 0. The van der Waals surface area contributed by atoms with Crippen molar-refractivity contribution in [3.63, 3.8) is 0 Å². The highest BCUT2D eigenvalue weighted by Gasteiger charge is 2.27. The van der Waals surface area contributed by atoms with Crippen LogP contribution in [0.15, 0.2) is 29.6 Å². The van der Waals surface area contributed by atoms with Gasteiger partial charge in [-0.1, -0.05) is 17.2 Å². The van der Waals surface area contributed by atoms with Crippen LogP contribution in [0.4, 0.5) is 0 Å². The number of aryl methyl sites for hydroxylation is 2. The molecule has 100 valence electrons. The summed E-state index contributed by atoms with van der Waals surface area (Å²) in [5.74, 6) is 0.110. The van der Waals surface area contributed by atoms with Gasteiger partial charge in [0.2, 0.25) is 0 Å². The Bertz CT molecular complexity index is 640. The Morgan fingerprint density at radius 2 is 1.80 bits per heavy atom. The largest absolute Gasteiger partial charge is 0.368 e. The summed E-state index contributed by atoms with van der Waals surface area (Å²) in [5.41, 5.74) is 2.51. The Morgan fingerprint density at radius 1 is 1.20 bits per heavy atom. The number of rotatable bonds is 1. The molecule has 1 N–H and O–H groups in total. The van der Waals surface area contributed by atoms with Gasteiger partial charge in [0.15, 0.2) is 5.57 Å². The fraction of sp³-hybridized carbons (Fsp3) is 0.267. The van der Waals surface area contributed by atoms with E-state index in [0.29, 0.717) is 24.5 Å². The Morgan fingerprint density at radius 3 is 2.35 bits per heavy atom. The Hall–Kier alpha value is -2.79. The highest BCUT2D eigenvalue weighted by atomic mass is 16.2. The van der Waals surface area contributed by atoms with Crippen LogP contribution < -0.4 is 5.32 Å². The average Bonchev–Trinajstić information content (AvgIpc) is 2.87. The number of carbonyl (C=O) groups is 1. The molecular weight excluding hydrogens is 252 g/mol. The molecule has 5 heteroatoms. The zero-order valence-corrected chi connectivity index (χ0v) is 11.4. The topological polar surface area (TPSA) is 79.9 Å². The van der Waals surface area contributed by atoms with E-state index in [0.717, 1.165) is 11.1 Å². The number of hydrogen-bond donors (Lipinski definition) is 1. The summed E-state index contributed by atoms with van der Waals surface area (Å²) in [4.78, 5) is 14.0. The zero-order chi connectivity index (χ0) is 14.7. The number of benzene rings is 1. The lowest BCUT2D eigenvalue weighted by atomic mass is 10.1. The minimum atomic E-state index is -0.195.